The van der Waals surface area contributed by atoms with Crippen molar-refractivity contribution in [3.63, 3.8) is 0 Å². The smallest absolute Gasteiger partial charge is 0.338 e. The van der Waals surface area contributed by atoms with Gasteiger partial charge in [-0.25, -0.2) is 13.2 Å². The summed E-state index contributed by atoms with van der Waals surface area (Å²) >= 11 is 9.32. The van der Waals surface area contributed by atoms with E-state index in [1.807, 2.05) is 0 Å². The zero-order valence-electron chi connectivity index (χ0n) is 14.2. The highest BCUT2D eigenvalue weighted by Gasteiger charge is 2.22. The molecule has 140 valence electrons. The number of anilines is 1. The van der Waals surface area contributed by atoms with E-state index in [-0.39, 0.29) is 33.0 Å². The third kappa shape index (κ3) is 4.90. The first-order chi connectivity index (χ1) is 12.1. The van der Waals surface area contributed by atoms with Crippen molar-refractivity contribution in [2.24, 2.45) is 0 Å². The highest BCUT2D eigenvalue weighted by Crippen LogP contribution is 2.31. The Balaban J connectivity index is 2.41. The molecule has 2 aromatic rings. The predicted octanol–water partition coefficient (Wildman–Crippen LogP) is 4.48. The summed E-state index contributed by atoms with van der Waals surface area (Å²) in [7, 11) is -2.64. The van der Waals surface area contributed by atoms with Crippen molar-refractivity contribution >= 4 is 49.2 Å². The molecule has 0 spiro atoms. The van der Waals surface area contributed by atoms with E-state index in [9.17, 15) is 13.2 Å². The molecule has 0 unspecified atom stereocenters. The number of sulfonamides is 1. The Morgan fingerprint density at radius 3 is 2.50 bits per heavy atom. The Bertz CT molecular complexity index is 931. The molecule has 0 amide bonds. The van der Waals surface area contributed by atoms with Crippen LogP contribution in [-0.2, 0) is 14.8 Å². The van der Waals surface area contributed by atoms with Gasteiger partial charge in [0.25, 0.3) is 10.0 Å². The number of rotatable bonds is 6. The molecule has 0 aromatic heterocycles. The van der Waals surface area contributed by atoms with Crippen LogP contribution in [0.2, 0.25) is 5.02 Å². The van der Waals surface area contributed by atoms with Crippen LogP contribution >= 0.6 is 27.5 Å². The maximum atomic E-state index is 12.8. The third-order valence-electron chi connectivity index (χ3n) is 3.20. The monoisotopic (exact) mass is 461 g/mol. The molecule has 0 heterocycles. The summed E-state index contributed by atoms with van der Waals surface area (Å²) < 4.78 is 38.7. The second kappa shape index (κ2) is 8.28. The van der Waals surface area contributed by atoms with E-state index >= 15 is 0 Å². The minimum atomic E-state index is -4.01. The summed E-state index contributed by atoms with van der Waals surface area (Å²) in [5, 5.41) is 0.142. The molecule has 0 aliphatic heterocycles. The maximum absolute atomic E-state index is 12.8. The minimum Gasteiger partial charge on any atom is -0.495 e. The molecule has 0 atom stereocenters. The van der Waals surface area contributed by atoms with Gasteiger partial charge in [0, 0.05) is 4.47 Å². The molecular weight excluding hydrogens is 446 g/mol. The van der Waals surface area contributed by atoms with Gasteiger partial charge in [-0.1, -0.05) is 27.5 Å². The maximum Gasteiger partial charge on any atom is 0.338 e. The van der Waals surface area contributed by atoms with E-state index in [0.29, 0.717) is 4.47 Å². The number of hydrogen-bond acceptors (Lipinski definition) is 5. The third-order valence-corrected chi connectivity index (χ3v) is 5.41. The van der Waals surface area contributed by atoms with E-state index in [1.54, 1.807) is 19.9 Å². The van der Waals surface area contributed by atoms with E-state index in [4.69, 9.17) is 21.1 Å². The number of ether oxygens (including phenoxy) is 2. The van der Waals surface area contributed by atoms with Crippen LogP contribution in [0, 0.1) is 0 Å². The van der Waals surface area contributed by atoms with Crippen molar-refractivity contribution in [3.05, 3.63) is 51.5 Å². The molecule has 6 nitrogen and oxygen atoms in total. The fourth-order valence-corrected chi connectivity index (χ4v) is 4.07. The number of hydrogen-bond donors (Lipinski definition) is 1. The number of halogens is 2. The lowest BCUT2D eigenvalue weighted by molar-refractivity contribution is 0.0378. The quantitative estimate of drug-likeness (QED) is 0.640. The van der Waals surface area contributed by atoms with Crippen LogP contribution in [0.1, 0.15) is 24.2 Å². The van der Waals surface area contributed by atoms with E-state index in [0.717, 1.165) is 0 Å². The van der Waals surface area contributed by atoms with Crippen LogP contribution in [0.3, 0.4) is 0 Å². The first-order valence-electron chi connectivity index (χ1n) is 7.51. The Kier molecular flexibility index (Phi) is 6.54. The van der Waals surface area contributed by atoms with Crippen molar-refractivity contribution in [2.45, 2.75) is 24.8 Å². The van der Waals surface area contributed by atoms with Gasteiger partial charge in [-0.3, -0.25) is 4.72 Å². The number of benzene rings is 2. The Labute approximate surface area is 165 Å². The molecular formula is C17H17BrClNO5S. The summed E-state index contributed by atoms with van der Waals surface area (Å²) in [5.41, 5.74) is 0.244. The van der Waals surface area contributed by atoms with Gasteiger partial charge in [-0.15, -0.1) is 0 Å². The predicted molar refractivity (Wildman–Crippen MR) is 104 cm³/mol. The average Bonchev–Trinajstić information content (AvgIpc) is 2.56. The number of methoxy groups -OCH3 is 1. The van der Waals surface area contributed by atoms with Crippen molar-refractivity contribution in [1.82, 2.24) is 0 Å². The standard InChI is InChI=1S/C17H17BrClNO5S/c1-10(2)25-17(21)11-4-6-13(19)14(8-11)20-26(22,23)16-9-12(18)5-7-15(16)24-3/h4-10,20H,1-3H3. The van der Waals surface area contributed by atoms with Crippen molar-refractivity contribution in [2.75, 3.05) is 11.8 Å². The van der Waals surface area contributed by atoms with Crippen LogP contribution in [-0.4, -0.2) is 27.6 Å². The lowest BCUT2D eigenvalue weighted by Crippen LogP contribution is -2.16. The Hall–Kier alpha value is -1.77. The van der Waals surface area contributed by atoms with Gasteiger partial charge in [0.05, 0.1) is 29.5 Å². The number of carbonyl (C=O) groups is 1. The molecule has 0 fully saturated rings. The second-order valence-corrected chi connectivity index (χ2v) is 8.52. The average molecular weight is 463 g/mol. The van der Waals surface area contributed by atoms with Crippen LogP contribution < -0.4 is 9.46 Å². The van der Waals surface area contributed by atoms with Gasteiger partial charge in [-0.2, -0.15) is 0 Å². The first kappa shape index (κ1) is 20.5. The lowest BCUT2D eigenvalue weighted by Gasteiger charge is -2.14. The highest BCUT2D eigenvalue weighted by atomic mass is 79.9. The fourth-order valence-electron chi connectivity index (χ4n) is 2.07. The molecule has 9 heteroatoms. The lowest BCUT2D eigenvalue weighted by atomic mass is 10.2. The molecule has 2 rings (SSSR count). The molecule has 26 heavy (non-hydrogen) atoms. The van der Waals surface area contributed by atoms with Gasteiger partial charge in [0.15, 0.2) is 0 Å². The molecule has 0 saturated heterocycles. The molecule has 0 aliphatic rings. The minimum absolute atomic E-state index is 0.0619. The van der Waals surface area contributed by atoms with E-state index in [1.165, 1.54) is 37.4 Å². The summed E-state index contributed by atoms with van der Waals surface area (Å²) in [6, 6.07) is 8.81. The van der Waals surface area contributed by atoms with Gasteiger partial charge >= 0.3 is 5.97 Å². The van der Waals surface area contributed by atoms with Crippen molar-refractivity contribution in [3.8, 4) is 5.75 Å². The zero-order chi connectivity index (χ0) is 19.5. The molecule has 1 N–H and O–H groups in total. The largest absolute Gasteiger partial charge is 0.495 e. The Morgan fingerprint density at radius 2 is 1.88 bits per heavy atom. The van der Waals surface area contributed by atoms with Gasteiger partial charge in [0.2, 0.25) is 0 Å². The summed E-state index contributed by atoms with van der Waals surface area (Å²) in [5.74, 6) is -0.399. The van der Waals surface area contributed by atoms with Crippen LogP contribution in [0.25, 0.3) is 0 Å². The van der Waals surface area contributed by atoms with Crippen LogP contribution in [0.4, 0.5) is 5.69 Å². The normalized spacial score (nSPS) is 11.3. The highest BCUT2D eigenvalue weighted by molar-refractivity contribution is 9.10. The van der Waals surface area contributed by atoms with Crippen LogP contribution in [0.15, 0.2) is 45.8 Å². The Morgan fingerprint density at radius 1 is 1.19 bits per heavy atom. The second-order valence-electron chi connectivity index (χ2n) is 5.55. The number of esters is 1. The molecule has 0 radical (unpaired) electrons. The fraction of sp³-hybridized carbons (Fsp3) is 0.235. The molecule has 0 aliphatic carbocycles. The summed E-state index contributed by atoms with van der Waals surface area (Å²) in [6.07, 6.45) is -0.302. The SMILES string of the molecule is COc1ccc(Br)cc1S(=O)(=O)Nc1cc(C(=O)OC(C)C)ccc1Cl. The van der Waals surface area contributed by atoms with Crippen LogP contribution in [0.5, 0.6) is 5.75 Å². The number of carbonyl (C=O) groups excluding carboxylic acids is 1. The van der Waals surface area contributed by atoms with Crippen molar-refractivity contribution in [1.29, 1.82) is 0 Å². The van der Waals surface area contributed by atoms with Gasteiger partial charge in [0.1, 0.15) is 10.6 Å². The van der Waals surface area contributed by atoms with E-state index in [2.05, 4.69) is 20.7 Å². The topological polar surface area (TPSA) is 81.7 Å². The molecule has 0 saturated carbocycles. The van der Waals surface area contributed by atoms with Gasteiger partial charge < -0.3 is 9.47 Å². The molecule has 0 bridgehead atoms. The first-order valence-corrected chi connectivity index (χ1v) is 10.2. The number of nitrogens with one attached hydrogen (secondary N) is 1. The summed E-state index contributed by atoms with van der Waals surface area (Å²) in [4.78, 5) is 12.0. The zero-order valence-corrected chi connectivity index (χ0v) is 17.4. The van der Waals surface area contributed by atoms with Gasteiger partial charge in [-0.05, 0) is 50.2 Å². The summed E-state index contributed by atoms with van der Waals surface area (Å²) in [6.45, 7) is 3.44. The molecule has 2 aromatic carbocycles. The van der Waals surface area contributed by atoms with E-state index < -0.39 is 16.0 Å². The van der Waals surface area contributed by atoms with Crippen molar-refractivity contribution < 1.29 is 22.7 Å².